The van der Waals surface area contributed by atoms with Gasteiger partial charge in [0, 0.05) is 12.2 Å². The van der Waals surface area contributed by atoms with Gasteiger partial charge in [-0.05, 0) is 42.2 Å². The van der Waals surface area contributed by atoms with Gasteiger partial charge in [-0.3, -0.25) is 4.79 Å². The minimum absolute atomic E-state index is 0.0953. The molecule has 4 heteroatoms. The lowest BCUT2D eigenvalue weighted by molar-refractivity contribution is 0.0680. The molecule has 2 aromatic carbocycles. The molecule has 4 nitrogen and oxygen atoms in total. The number of anilines is 1. The average molecular weight is 352 g/mol. The summed E-state index contributed by atoms with van der Waals surface area (Å²) in [6.07, 6.45) is 1.89. The molecule has 1 aliphatic rings. The fourth-order valence-electron chi connectivity index (χ4n) is 3.12. The van der Waals surface area contributed by atoms with E-state index >= 15 is 0 Å². The topological polar surface area (TPSA) is 41.6 Å². The zero-order chi connectivity index (χ0) is 18.5. The van der Waals surface area contributed by atoms with Crippen molar-refractivity contribution >= 4 is 11.6 Å². The molecule has 1 amide bonds. The molecule has 1 N–H and O–H groups in total. The van der Waals surface area contributed by atoms with E-state index in [0.717, 1.165) is 42.0 Å². The van der Waals surface area contributed by atoms with Crippen LogP contribution in [0.1, 0.15) is 55.7 Å². The fourth-order valence-corrected chi connectivity index (χ4v) is 3.12. The first-order valence-electron chi connectivity index (χ1n) is 9.49. The third-order valence-electron chi connectivity index (χ3n) is 4.55. The van der Waals surface area contributed by atoms with Gasteiger partial charge < -0.3 is 15.0 Å². The van der Waals surface area contributed by atoms with Crippen molar-refractivity contribution in [1.82, 2.24) is 4.90 Å². The zero-order valence-corrected chi connectivity index (χ0v) is 15.9. The molecule has 1 unspecified atom stereocenters. The van der Waals surface area contributed by atoms with E-state index in [2.05, 4.69) is 26.1 Å². The maximum absolute atomic E-state index is 13.0. The molecule has 2 aromatic rings. The van der Waals surface area contributed by atoms with Crippen LogP contribution in [0.5, 0.6) is 5.75 Å². The van der Waals surface area contributed by atoms with Crippen molar-refractivity contribution in [3.8, 4) is 5.75 Å². The van der Waals surface area contributed by atoms with Crippen LogP contribution in [-0.4, -0.2) is 24.0 Å². The molecule has 0 bridgehead atoms. The van der Waals surface area contributed by atoms with E-state index in [1.807, 2.05) is 53.4 Å². The Kier molecular flexibility index (Phi) is 5.82. The lowest BCUT2D eigenvalue weighted by atomic mass is 10.0. The third kappa shape index (κ3) is 4.01. The number of benzene rings is 2. The molecule has 26 heavy (non-hydrogen) atoms. The maximum Gasteiger partial charge on any atom is 0.257 e. The number of nitrogens with zero attached hydrogens (tertiary/aromatic N) is 1. The molecule has 0 saturated carbocycles. The second-order valence-corrected chi connectivity index (χ2v) is 7.22. The first kappa shape index (κ1) is 18.3. The van der Waals surface area contributed by atoms with E-state index in [4.69, 9.17) is 4.74 Å². The van der Waals surface area contributed by atoms with Crippen molar-refractivity contribution in [3.05, 3.63) is 59.7 Å². The summed E-state index contributed by atoms with van der Waals surface area (Å²) >= 11 is 0. The summed E-state index contributed by atoms with van der Waals surface area (Å²) in [7, 11) is 0. The second-order valence-electron chi connectivity index (χ2n) is 7.22. The summed E-state index contributed by atoms with van der Waals surface area (Å²) < 4.78 is 5.78. The van der Waals surface area contributed by atoms with Crippen LogP contribution >= 0.6 is 0 Å². The zero-order valence-electron chi connectivity index (χ0n) is 15.9. The number of para-hydroxylation sites is 1. The number of carbonyl (C=O) groups excluding carboxylic acids is 1. The van der Waals surface area contributed by atoms with Gasteiger partial charge in [-0.2, -0.15) is 0 Å². The molecule has 1 heterocycles. The molecule has 0 saturated heterocycles. The van der Waals surface area contributed by atoms with Gasteiger partial charge in [0.1, 0.15) is 11.9 Å². The van der Waals surface area contributed by atoms with Crippen molar-refractivity contribution in [1.29, 1.82) is 0 Å². The lowest BCUT2D eigenvalue weighted by Gasteiger charge is -2.38. The smallest absolute Gasteiger partial charge is 0.257 e. The van der Waals surface area contributed by atoms with Crippen molar-refractivity contribution in [2.45, 2.75) is 39.8 Å². The summed E-state index contributed by atoms with van der Waals surface area (Å²) in [5.74, 6) is 1.45. The fraction of sp³-hybridized carbons (Fsp3) is 0.409. The molecule has 138 valence electrons. The predicted octanol–water partition coefficient (Wildman–Crippen LogP) is 5.09. The van der Waals surface area contributed by atoms with E-state index in [9.17, 15) is 4.79 Å². The van der Waals surface area contributed by atoms with E-state index in [-0.39, 0.29) is 12.1 Å². The molecular weight excluding hydrogens is 324 g/mol. The molecule has 1 aliphatic heterocycles. The normalized spacial score (nSPS) is 16.4. The number of ether oxygens (including phenoxy) is 1. The molecule has 0 aliphatic carbocycles. The summed E-state index contributed by atoms with van der Waals surface area (Å²) in [5.41, 5.74) is 2.72. The first-order valence-corrected chi connectivity index (χ1v) is 9.49. The first-order chi connectivity index (χ1) is 12.6. The van der Waals surface area contributed by atoms with Crippen LogP contribution in [0.15, 0.2) is 48.5 Å². The minimum atomic E-state index is -0.150. The quantitative estimate of drug-likeness (QED) is 0.755. The minimum Gasteiger partial charge on any atom is -0.493 e. The Hall–Kier alpha value is -2.49. The van der Waals surface area contributed by atoms with Gasteiger partial charge in [0.05, 0.1) is 12.2 Å². The van der Waals surface area contributed by atoms with Crippen LogP contribution in [0.3, 0.4) is 0 Å². The largest absolute Gasteiger partial charge is 0.493 e. The number of amides is 1. The molecular formula is C22H28N2O2. The Morgan fingerprint density at radius 2 is 1.85 bits per heavy atom. The van der Waals surface area contributed by atoms with Crippen LogP contribution in [0.2, 0.25) is 0 Å². The van der Waals surface area contributed by atoms with Gasteiger partial charge in [-0.1, -0.05) is 51.5 Å². The highest BCUT2D eigenvalue weighted by atomic mass is 16.5. The maximum atomic E-state index is 13.0. The van der Waals surface area contributed by atoms with Crippen LogP contribution in [0.25, 0.3) is 0 Å². The Balaban J connectivity index is 1.85. The van der Waals surface area contributed by atoms with Gasteiger partial charge >= 0.3 is 0 Å². The van der Waals surface area contributed by atoms with Gasteiger partial charge in [-0.25, -0.2) is 0 Å². The monoisotopic (exact) mass is 352 g/mol. The van der Waals surface area contributed by atoms with Gasteiger partial charge in [-0.15, -0.1) is 0 Å². The summed E-state index contributed by atoms with van der Waals surface area (Å²) in [5, 5.41) is 3.54. The van der Waals surface area contributed by atoms with E-state index in [1.54, 1.807) is 0 Å². The number of hydrogen-bond donors (Lipinski definition) is 1. The van der Waals surface area contributed by atoms with Crippen LogP contribution in [0.4, 0.5) is 5.69 Å². The highest BCUT2D eigenvalue weighted by Crippen LogP contribution is 2.33. The molecule has 0 fully saturated rings. The van der Waals surface area contributed by atoms with Crippen LogP contribution in [0, 0.1) is 5.92 Å². The molecule has 0 aromatic heterocycles. The van der Waals surface area contributed by atoms with Crippen molar-refractivity contribution in [2.75, 3.05) is 18.5 Å². The van der Waals surface area contributed by atoms with E-state index in [1.165, 1.54) is 0 Å². The molecule has 0 radical (unpaired) electrons. The number of carbonyl (C=O) groups is 1. The Bertz CT molecular complexity index is 740. The summed E-state index contributed by atoms with van der Waals surface area (Å²) in [6.45, 7) is 7.86. The molecule has 1 atom stereocenters. The van der Waals surface area contributed by atoms with E-state index < -0.39 is 0 Å². The standard InChI is InChI=1S/C22H28N2O2/c1-4-5-14-24-21(23-20-9-7-6-8-19(20)22(24)25)17-10-12-18(13-11-17)26-15-16(2)3/h6-13,16,21,23H,4-5,14-15H2,1-3H3. The van der Waals surface area contributed by atoms with Crippen LogP contribution < -0.4 is 10.1 Å². The molecule has 3 rings (SSSR count). The Labute approximate surface area is 156 Å². The Morgan fingerprint density at radius 1 is 1.12 bits per heavy atom. The van der Waals surface area contributed by atoms with Gasteiger partial charge in [0.25, 0.3) is 5.91 Å². The second kappa shape index (κ2) is 8.26. The van der Waals surface area contributed by atoms with Gasteiger partial charge in [0.2, 0.25) is 0 Å². The van der Waals surface area contributed by atoms with Crippen molar-refractivity contribution in [2.24, 2.45) is 5.92 Å². The number of rotatable bonds is 7. The van der Waals surface area contributed by atoms with E-state index in [0.29, 0.717) is 12.5 Å². The third-order valence-corrected chi connectivity index (χ3v) is 4.55. The van der Waals surface area contributed by atoms with Gasteiger partial charge in [0.15, 0.2) is 0 Å². The van der Waals surface area contributed by atoms with Crippen LogP contribution in [-0.2, 0) is 0 Å². The number of fused-ring (bicyclic) bond motifs is 1. The highest BCUT2D eigenvalue weighted by molar-refractivity contribution is 6.01. The number of hydrogen-bond acceptors (Lipinski definition) is 3. The lowest BCUT2D eigenvalue weighted by Crippen LogP contribution is -2.43. The number of nitrogens with one attached hydrogen (secondary N) is 1. The SMILES string of the molecule is CCCCN1C(=O)c2ccccc2NC1c1ccc(OCC(C)C)cc1. The highest BCUT2D eigenvalue weighted by Gasteiger charge is 2.32. The van der Waals surface area contributed by atoms with Crippen molar-refractivity contribution < 1.29 is 9.53 Å². The predicted molar refractivity (Wildman–Crippen MR) is 106 cm³/mol. The average Bonchev–Trinajstić information content (AvgIpc) is 2.66. The molecule has 0 spiro atoms. The Morgan fingerprint density at radius 3 is 2.54 bits per heavy atom. The number of unbranched alkanes of at least 4 members (excludes halogenated alkanes) is 1. The summed E-state index contributed by atoms with van der Waals surface area (Å²) in [4.78, 5) is 15.0. The summed E-state index contributed by atoms with van der Waals surface area (Å²) in [6, 6.07) is 15.8. The van der Waals surface area contributed by atoms with Crippen molar-refractivity contribution in [3.63, 3.8) is 0 Å².